The first kappa shape index (κ1) is 29.9. The minimum atomic E-state index is -4.28. The molecule has 0 spiro atoms. The summed E-state index contributed by atoms with van der Waals surface area (Å²) >= 11 is 10.2. The number of carbonyl (C=O) groups excluding carboxylic acids is 1. The lowest BCUT2D eigenvalue weighted by Crippen LogP contribution is -2.34. The van der Waals surface area contributed by atoms with Gasteiger partial charge in [-0.15, -0.1) is 0 Å². The highest BCUT2D eigenvalue weighted by Gasteiger charge is 2.53. The molecule has 3 aromatic rings. The predicted octanol–water partition coefficient (Wildman–Crippen LogP) is 0.195. The second kappa shape index (κ2) is 11.1. The molecule has 2 bridgehead atoms. The number of amides is 1. The molecule has 0 aromatic carbocycles. The fourth-order valence-electron chi connectivity index (χ4n) is 4.76. The third kappa shape index (κ3) is 5.60. The van der Waals surface area contributed by atoms with Crippen molar-refractivity contribution >= 4 is 59.9 Å². The first-order valence-electron chi connectivity index (χ1n) is 12.0. The van der Waals surface area contributed by atoms with Crippen LogP contribution >= 0.6 is 13.4 Å². The Labute approximate surface area is 244 Å². The zero-order valence-corrected chi connectivity index (χ0v) is 24.3. The van der Waals surface area contributed by atoms with Crippen LogP contribution in [0.5, 0.6) is 0 Å². The van der Waals surface area contributed by atoms with Crippen molar-refractivity contribution in [1.82, 2.24) is 29.7 Å². The summed E-state index contributed by atoms with van der Waals surface area (Å²) in [6.45, 7) is -9.86. The molecule has 3 saturated heterocycles. The van der Waals surface area contributed by atoms with Crippen LogP contribution in [0, 0.1) is 0 Å². The Morgan fingerprint density at radius 2 is 1.74 bits per heavy atom. The minimum absolute atomic E-state index is 0.0500. The number of fused-ring (bicyclic) bond motifs is 4. The number of aromatic amines is 1. The zero-order valence-electron chi connectivity index (χ0n) is 20.9. The molecule has 17 nitrogen and oxygen atoms in total. The molecule has 228 valence electrons. The highest BCUT2D eigenvalue weighted by Crippen LogP contribution is 2.55. The van der Waals surface area contributed by atoms with Crippen LogP contribution in [0.25, 0.3) is 11.2 Å². The molecule has 0 radical (unpaired) electrons. The molecule has 7 N–H and O–H groups in total. The van der Waals surface area contributed by atoms with Crippen molar-refractivity contribution in [1.29, 1.82) is 0 Å². The van der Waals surface area contributed by atoms with Gasteiger partial charge in [-0.05, 0) is 29.7 Å². The van der Waals surface area contributed by atoms with Crippen LogP contribution in [0.4, 0.5) is 14.6 Å². The number of nitrogens with zero attached hydrogens (tertiary/aromatic N) is 5. The van der Waals surface area contributed by atoms with Gasteiger partial charge in [0.2, 0.25) is 0 Å². The topological polar surface area (TPSA) is 237 Å². The van der Waals surface area contributed by atoms with Crippen molar-refractivity contribution in [3.05, 3.63) is 30.1 Å². The Bertz CT molecular complexity index is 1620. The van der Waals surface area contributed by atoms with Crippen LogP contribution in [0.3, 0.4) is 0 Å². The summed E-state index contributed by atoms with van der Waals surface area (Å²) in [5.74, 6) is -0.815. The number of hydrogen-bond acceptors (Lipinski definition) is 14. The average Bonchev–Trinajstić information content (AvgIpc) is 3.69. The molecule has 3 aliphatic heterocycles. The second-order valence-corrected chi connectivity index (χ2v) is 15.0. The monoisotopic (exact) mass is 670 g/mol. The summed E-state index contributed by atoms with van der Waals surface area (Å²) in [6, 6.07) is 1.21. The van der Waals surface area contributed by atoms with Crippen molar-refractivity contribution in [3.8, 4) is 0 Å². The largest absolute Gasteiger partial charge is 0.382 e. The van der Waals surface area contributed by atoms with E-state index in [0.717, 1.165) is 6.33 Å². The lowest BCUT2D eigenvalue weighted by Gasteiger charge is -2.27. The number of H-pyrrole nitrogens is 1. The number of alkyl halides is 2. The maximum absolute atomic E-state index is 15.9. The molecule has 1 amide bonds. The van der Waals surface area contributed by atoms with E-state index in [0.29, 0.717) is 0 Å². The van der Waals surface area contributed by atoms with Crippen LogP contribution in [0.2, 0.25) is 0 Å². The Balaban J connectivity index is 1.29. The SMILES string of the molecule is NC(=O)c1cc([C@@H]2O[C@@H]3COP(O)(=S)O[C@H]4[C@@H](F)[C@H](n5cnc6c(N)ncnc65)O[C@@H]4COP(O)(=S)O[C@@H]2[C@@H]3F)[nH]n1. The number of hydrogen-bond donors (Lipinski definition) is 5. The first-order chi connectivity index (χ1) is 19.8. The molecular weight excluding hydrogens is 648 g/mol. The molecule has 6 rings (SSSR count). The van der Waals surface area contributed by atoms with E-state index < -0.39 is 81.6 Å². The quantitative estimate of drug-likeness (QED) is 0.234. The van der Waals surface area contributed by atoms with Crippen LogP contribution in [-0.2, 0) is 51.2 Å². The van der Waals surface area contributed by atoms with E-state index in [4.69, 9.17) is 62.6 Å². The van der Waals surface area contributed by atoms with Crippen molar-refractivity contribution in [3.63, 3.8) is 0 Å². The average molecular weight is 671 g/mol. The molecule has 2 unspecified atom stereocenters. The van der Waals surface area contributed by atoms with Crippen molar-refractivity contribution in [2.75, 3.05) is 18.9 Å². The molecule has 10 atom stereocenters. The van der Waals surface area contributed by atoms with Crippen LogP contribution in [-0.4, -0.2) is 95.4 Å². The summed E-state index contributed by atoms with van der Waals surface area (Å²) in [6.07, 6.45) is -10.4. The number of nitrogen functional groups attached to an aromatic ring is 1. The highest BCUT2D eigenvalue weighted by molar-refractivity contribution is 8.07. The predicted molar refractivity (Wildman–Crippen MR) is 143 cm³/mol. The van der Waals surface area contributed by atoms with E-state index in [1.807, 2.05) is 0 Å². The third-order valence-corrected chi connectivity index (χ3v) is 9.81. The maximum Gasteiger partial charge on any atom is 0.325 e. The highest BCUT2D eigenvalue weighted by atomic mass is 32.5. The molecule has 0 aliphatic carbocycles. The third-order valence-electron chi connectivity index (χ3n) is 6.69. The van der Waals surface area contributed by atoms with Gasteiger partial charge in [0.1, 0.15) is 48.1 Å². The Morgan fingerprint density at radius 3 is 2.43 bits per heavy atom. The van der Waals surface area contributed by atoms with E-state index in [2.05, 4.69) is 25.1 Å². The smallest absolute Gasteiger partial charge is 0.325 e. The van der Waals surface area contributed by atoms with E-state index in [-0.39, 0.29) is 28.4 Å². The zero-order chi connectivity index (χ0) is 30.0. The van der Waals surface area contributed by atoms with Gasteiger partial charge in [0, 0.05) is 0 Å². The lowest BCUT2D eigenvalue weighted by molar-refractivity contribution is -0.0488. The second-order valence-electron chi connectivity index (χ2n) is 9.37. The number of halogens is 2. The van der Waals surface area contributed by atoms with Crippen molar-refractivity contribution in [2.24, 2.45) is 5.73 Å². The summed E-state index contributed by atoms with van der Waals surface area (Å²) < 4.78 is 66.0. The van der Waals surface area contributed by atoms with Gasteiger partial charge < -0.3 is 39.8 Å². The standard InChI is InChI=1S/C19H22F2N8O9P2S2/c20-10-8-2-33-39(31,41)37-14-9(36-19(11(14)21)29-5-26-12-16(22)24-4-25-18(12)29)3-34-40(32,42)38-15(10)13(35-8)6-1-7(17(23)30)28-27-6/h1,4-5,8-11,13-15,19H,2-3H2,(H2,23,30)(H,27,28)(H,31,41)(H,32,42)(H2,22,24,25)/t8-,9-,10-,11-,13+,14-,15-,19-,39?,40?/m1/s1. The molecule has 3 aromatic heterocycles. The maximum atomic E-state index is 15.9. The van der Waals surface area contributed by atoms with Crippen LogP contribution in [0.15, 0.2) is 18.7 Å². The number of primary amides is 1. The van der Waals surface area contributed by atoms with Crippen LogP contribution in [0.1, 0.15) is 28.5 Å². The fourth-order valence-corrected chi connectivity index (χ4v) is 7.61. The number of imidazole rings is 1. The summed E-state index contributed by atoms with van der Waals surface area (Å²) in [5.41, 5.74) is 11.3. The Kier molecular flexibility index (Phi) is 7.91. The van der Waals surface area contributed by atoms with Gasteiger partial charge in [0.15, 0.2) is 30.0 Å². The van der Waals surface area contributed by atoms with Gasteiger partial charge in [-0.3, -0.25) is 23.5 Å². The summed E-state index contributed by atoms with van der Waals surface area (Å²) in [4.78, 5) is 45.2. The van der Waals surface area contributed by atoms with Gasteiger partial charge in [0.05, 0.1) is 25.2 Å². The number of rotatable bonds is 3. The fraction of sp³-hybridized carbons (Fsp3) is 0.526. The normalized spacial score (nSPS) is 39.3. The number of anilines is 1. The molecule has 3 aliphatic rings. The van der Waals surface area contributed by atoms with Gasteiger partial charge in [-0.2, -0.15) is 5.10 Å². The van der Waals surface area contributed by atoms with Gasteiger partial charge in [-0.25, -0.2) is 23.7 Å². The summed E-state index contributed by atoms with van der Waals surface area (Å²) in [5, 5.41) is 6.24. The number of nitrogens with one attached hydrogen (secondary N) is 1. The molecule has 23 heteroatoms. The first-order valence-corrected chi connectivity index (χ1v) is 17.2. The van der Waals surface area contributed by atoms with Gasteiger partial charge in [-0.1, -0.05) is 0 Å². The number of nitrogens with two attached hydrogens (primary N) is 2. The Morgan fingerprint density at radius 1 is 1.05 bits per heavy atom. The lowest BCUT2D eigenvalue weighted by atomic mass is 10.1. The van der Waals surface area contributed by atoms with E-state index in [9.17, 15) is 14.6 Å². The Hall–Kier alpha value is -2.13. The van der Waals surface area contributed by atoms with Crippen LogP contribution < -0.4 is 11.5 Å². The molecule has 0 saturated carbocycles. The number of ether oxygens (including phenoxy) is 2. The van der Waals surface area contributed by atoms with E-state index >= 15 is 8.78 Å². The van der Waals surface area contributed by atoms with E-state index in [1.165, 1.54) is 17.0 Å². The van der Waals surface area contributed by atoms with E-state index in [1.54, 1.807) is 0 Å². The molecular formula is C19H22F2N8O9P2S2. The van der Waals surface area contributed by atoms with Gasteiger partial charge in [0.25, 0.3) is 5.91 Å². The minimum Gasteiger partial charge on any atom is -0.382 e. The number of carbonyl (C=O) groups is 1. The molecule has 6 heterocycles. The molecule has 3 fully saturated rings. The van der Waals surface area contributed by atoms with Crippen molar-refractivity contribution in [2.45, 2.75) is 49.1 Å². The molecule has 42 heavy (non-hydrogen) atoms. The van der Waals surface area contributed by atoms with Gasteiger partial charge >= 0.3 is 13.4 Å². The van der Waals surface area contributed by atoms with Crippen molar-refractivity contribution < 1.29 is 50.9 Å². The summed E-state index contributed by atoms with van der Waals surface area (Å²) in [7, 11) is 0. The number of aromatic nitrogens is 6.